The standard InChI is InChI=1S/C18H14ClN3O/c19-16-5-4-13(10-21-16)17(23)22-11-14-9-18(14,12-22)7-6-15-3-1-2-8-20-15/h1-5,8,10,14H,9,11-12H2. The molecule has 5 heteroatoms. The van der Waals surface area contributed by atoms with Crippen molar-refractivity contribution in [1.29, 1.82) is 0 Å². The fourth-order valence-electron chi connectivity index (χ4n) is 3.14. The first kappa shape index (κ1) is 14.2. The van der Waals surface area contributed by atoms with Crippen LogP contribution in [0, 0.1) is 23.2 Å². The Morgan fingerprint density at radius 2 is 2.22 bits per heavy atom. The summed E-state index contributed by atoms with van der Waals surface area (Å²) >= 11 is 5.77. The summed E-state index contributed by atoms with van der Waals surface area (Å²) in [5.41, 5.74) is 1.30. The second-order valence-corrected chi connectivity index (χ2v) is 6.46. The molecule has 2 aromatic rings. The Hall–Kier alpha value is -2.38. The highest BCUT2D eigenvalue weighted by Crippen LogP contribution is 2.57. The Morgan fingerprint density at radius 3 is 2.96 bits per heavy atom. The highest BCUT2D eigenvalue weighted by molar-refractivity contribution is 6.29. The molecule has 3 heterocycles. The molecule has 0 bridgehead atoms. The van der Waals surface area contributed by atoms with E-state index >= 15 is 0 Å². The van der Waals surface area contributed by atoms with Crippen molar-refractivity contribution < 1.29 is 4.79 Å². The zero-order valence-electron chi connectivity index (χ0n) is 12.4. The van der Waals surface area contributed by atoms with Crippen LogP contribution in [0.4, 0.5) is 0 Å². The summed E-state index contributed by atoms with van der Waals surface area (Å²) in [6, 6.07) is 9.06. The summed E-state index contributed by atoms with van der Waals surface area (Å²) in [6.07, 6.45) is 4.33. The summed E-state index contributed by atoms with van der Waals surface area (Å²) in [4.78, 5) is 22.6. The van der Waals surface area contributed by atoms with E-state index in [2.05, 4.69) is 21.8 Å². The SMILES string of the molecule is O=C(c1ccc(Cl)nc1)N1CC2CC2(C#Cc2ccccn2)C1. The van der Waals surface area contributed by atoms with Crippen molar-refractivity contribution in [2.45, 2.75) is 6.42 Å². The molecule has 4 nitrogen and oxygen atoms in total. The number of nitrogens with zero attached hydrogens (tertiary/aromatic N) is 3. The number of hydrogen-bond donors (Lipinski definition) is 0. The third kappa shape index (κ3) is 2.69. The van der Waals surface area contributed by atoms with Gasteiger partial charge in [-0.3, -0.25) is 4.79 Å². The molecule has 1 amide bonds. The molecule has 1 aliphatic heterocycles. The van der Waals surface area contributed by atoms with E-state index in [-0.39, 0.29) is 11.3 Å². The van der Waals surface area contributed by atoms with Crippen LogP contribution in [-0.4, -0.2) is 33.9 Å². The number of piperidine rings is 1. The number of rotatable bonds is 1. The number of hydrogen-bond acceptors (Lipinski definition) is 3. The first-order valence-electron chi connectivity index (χ1n) is 7.51. The largest absolute Gasteiger partial charge is 0.337 e. The molecule has 4 rings (SSSR count). The van der Waals surface area contributed by atoms with Gasteiger partial charge in [0.15, 0.2) is 0 Å². The van der Waals surface area contributed by atoms with Gasteiger partial charge in [0.25, 0.3) is 5.91 Å². The maximum Gasteiger partial charge on any atom is 0.255 e. The van der Waals surface area contributed by atoms with Crippen molar-refractivity contribution in [1.82, 2.24) is 14.9 Å². The Bertz CT molecular complexity index is 810. The Labute approximate surface area is 139 Å². The van der Waals surface area contributed by atoms with Crippen LogP contribution in [0.25, 0.3) is 0 Å². The normalized spacial score (nSPS) is 24.6. The van der Waals surface area contributed by atoms with Crippen molar-refractivity contribution in [3.8, 4) is 11.8 Å². The Kier molecular flexibility index (Phi) is 3.32. The average molecular weight is 324 g/mol. The highest BCUT2D eigenvalue weighted by Gasteiger charge is 2.60. The van der Waals surface area contributed by atoms with Gasteiger partial charge in [-0.05, 0) is 42.5 Å². The molecule has 2 aliphatic rings. The molecule has 2 aromatic heterocycles. The lowest BCUT2D eigenvalue weighted by atomic mass is 10.1. The van der Waals surface area contributed by atoms with Crippen LogP contribution < -0.4 is 0 Å². The van der Waals surface area contributed by atoms with Gasteiger partial charge in [0, 0.05) is 25.5 Å². The minimum absolute atomic E-state index is 0.000350. The fourth-order valence-corrected chi connectivity index (χ4v) is 3.25. The van der Waals surface area contributed by atoms with E-state index in [0.717, 1.165) is 18.7 Å². The average Bonchev–Trinajstić information content (AvgIpc) is 3.14. The fraction of sp³-hybridized carbons (Fsp3) is 0.278. The molecule has 2 unspecified atom stereocenters. The third-order valence-electron chi connectivity index (χ3n) is 4.51. The van der Waals surface area contributed by atoms with E-state index in [1.165, 1.54) is 6.20 Å². The lowest BCUT2D eigenvalue weighted by molar-refractivity contribution is 0.0770. The van der Waals surface area contributed by atoms with Crippen molar-refractivity contribution >= 4 is 17.5 Å². The van der Waals surface area contributed by atoms with Crippen LogP contribution in [0.2, 0.25) is 5.15 Å². The van der Waals surface area contributed by atoms with Gasteiger partial charge in [0.1, 0.15) is 10.8 Å². The van der Waals surface area contributed by atoms with E-state index in [0.29, 0.717) is 23.2 Å². The maximum absolute atomic E-state index is 12.5. The van der Waals surface area contributed by atoms with Crippen molar-refractivity contribution in [2.24, 2.45) is 11.3 Å². The Morgan fingerprint density at radius 1 is 1.30 bits per heavy atom. The van der Waals surface area contributed by atoms with Crippen LogP contribution in [0.15, 0.2) is 42.7 Å². The van der Waals surface area contributed by atoms with Crippen molar-refractivity contribution in [3.05, 3.63) is 59.1 Å². The van der Waals surface area contributed by atoms with Crippen molar-refractivity contribution in [2.75, 3.05) is 13.1 Å². The molecule has 1 aliphatic carbocycles. The second kappa shape index (κ2) is 5.36. The first-order chi connectivity index (χ1) is 11.2. The van der Waals surface area contributed by atoms with Gasteiger partial charge < -0.3 is 4.90 Å². The summed E-state index contributed by atoms with van der Waals surface area (Å²) in [7, 11) is 0. The summed E-state index contributed by atoms with van der Waals surface area (Å²) in [6.45, 7) is 1.44. The van der Waals surface area contributed by atoms with Gasteiger partial charge in [-0.15, -0.1) is 0 Å². The molecule has 2 fully saturated rings. The lowest BCUT2D eigenvalue weighted by Gasteiger charge is -2.19. The number of halogens is 1. The molecule has 1 saturated carbocycles. The zero-order valence-corrected chi connectivity index (χ0v) is 13.1. The summed E-state index contributed by atoms with van der Waals surface area (Å²) in [5, 5.41) is 0.392. The van der Waals surface area contributed by atoms with Gasteiger partial charge in [-0.2, -0.15) is 0 Å². The van der Waals surface area contributed by atoms with E-state index in [1.807, 2.05) is 23.1 Å². The minimum Gasteiger partial charge on any atom is -0.337 e. The number of likely N-dealkylation sites (tertiary alicyclic amines) is 1. The van der Waals surface area contributed by atoms with E-state index in [9.17, 15) is 4.79 Å². The Balaban J connectivity index is 1.49. The number of amides is 1. The molecule has 23 heavy (non-hydrogen) atoms. The van der Waals surface area contributed by atoms with Gasteiger partial charge in [-0.25, -0.2) is 9.97 Å². The van der Waals surface area contributed by atoms with Gasteiger partial charge in [0.2, 0.25) is 0 Å². The van der Waals surface area contributed by atoms with Gasteiger partial charge in [-0.1, -0.05) is 23.6 Å². The second-order valence-electron chi connectivity index (χ2n) is 6.08. The molecular weight excluding hydrogens is 310 g/mol. The minimum atomic E-state index is -0.0486. The van der Waals surface area contributed by atoms with Crippen LogP contribution in [0.1, 0.15) is 22.5 Å². The molecule has 114 valence electrons. The van der Waals surface area contributed by atoms with E-state index < -0.39 is 0 Å². The highest BCUT2D eigenvalue weighted by atomic mass is 35.5. The van der Waals surface area contributed by atoms with Gasteiger partial charge in [0.05, 0.1) is 11.0 Å². The smallest absolute Gasteiger partial charge is 0.255 e. The van der Waals surface area contributed by atoms with Crippen LogP contribution in [0.5, 0.6) is 0 Å². The maximum atomic E-state index is 12.5. The monoisotopic (exact) mass is 323 g/mol. The number of pyridine rings is 2. The molecule has 2 atom stereocenters. The number of fused-ring (bicyclic) bond motifs is 1. The zero-order chi connectivity index (χ0) is 15.9. The molecule has 0 N–H and O–H groups in total. The van der Waals surface area contributed by atoms with Crippen LogP contribution in [0.3, 0.4) is 0 Å². The van der Waals surface area contributed by atoms with Crippen LogP contribution >= 0.6 is 11.6 Å². The summed E-state index contributed by atoms with van der Waals surface area (Å²) in [5.74, 6) is 6.97. The summed E-state index contributed by atoms with van der Waals surface area (Å²) < 4.78 is 0. The topological polar surface area (TPSA) is 46.1 Å². The quantitative estimate of drug-likeness (QED) is 0.598. The first-order valence-corrected chi connectivity index (χ1v) is 7.89. The molecule has 0 radical (unpaired) electrons. The molecule has 1 saturated heterocycles. The molecule has 0 aromatic carbocycles. The predicted molar refractivity (Wildman–Crippen MR) is 86.8 cm³/mol. The van der Waals surface area contributed by atoms with Gasteiger partial charge >= 0.3 is 0 Å². The lowest BCUT2D eigenvalue weighted by Crippen LogP contribution is -2.31. The van der Waals surface area contributed by atoms with Crippen LogP contribution in [-0.2, 0) is 0 Å². The molecule has 0 spiro atoms. The third-order valence-corrected chi connectivity index (χ3v) is 4.74. The van der Waals surface area contributed by atoms with E-state index in [4.69, 9.17) is 11.6 Å². The van der Waals surface area contributed by atoms with E-state index in [1.54, 1.807) is 18.3 Å². The number of carbonyl (C=O) groups is 1. The van der Waals surface area contributed by atoms with Crippen molar-refractivity contribution in [3.63, 3.8) is 0 Å². The number of carbonyl (C=O) groups excluding carboxylic acids is 1. The number of aromatic nitrogens is 2. The predicted octanol–water partition coefficient (Wildman–Crippen LogP) is 2.64. The molecular formula is C18H14ClN3O.